The van der Waals surface area contributed by atoms with Crippen molar-refractivity contribution in [2.24, 2.45) is 5.92 Å². The van der Waals surface area contributed by atoms with Gasteiger partial charge in [0.2, 0.25) is 11.8 Å². The Labute approximate surface area is 119 Å². The van der Waals surface area contributed by atoms with Crippen LogP contribution >= 0.6 is 0 Å². The van der Waals surface area contributed by atoms with E-state index in [-0.39, 0.29) is 17.7 Å². The van der Waals surface area contributed by atoms with Crippen LogP contribution in [0.15, 0.2) is 18.5 Å². The van der Waals surface area contributed by atoms with E-state index < -0.39 is 12.1 Å². The molecule has 1 aliphatic heterocycles. The van der Waals surface area contributed by atoms with Crippen LogP contribution in [-0.4, -0.2) is 33.8 Å². The van der Waals surface area contributed by atoms with Gasteiger partial charge < -0.3 is 10.2 Å². The molecule has 5 heteroatoms. The van der Waals surface area contributed by atoms with Gasteiger partial charge >= 0.3 is 0 Å². The van der Waals surface area contributed by atoms with Gasteiger partial charge in [-0.2, -0.15) is 0 Å². The minimum Gasteiger partial charge on any atom is -0.343 e. The highest BCUT2D eigenvalue weighted by molar-refractivity contribution is 5.96. The quantitative estimate of drug-likeness (QED) is 0.903. The molecule has 5 nitrogen and oxygen atoms in total. The van der Waals surface area contributed by atoms with Crippen LogP contribution in [0.25, 0.3) is 0 Å². The topological polar surface area (TPSA) is 62.3 Å². The standard InChI is InChI=1S/C15H21N3O2/c1-9(2)13-14(19)17-11(4)15(20)18(13)8-12-5-6-16-7-10(12)3/h5-7,9,11,13H,8H2,1-4H3,(H,17,19). The van der Waals surface area contributed by atoms with E-state index in [0.29, 0.717) is 6.54 Å². The van der Waals surface area contributed by atoms with Gasteiger partial charge in [-0.15, -0.1) is 0 Å². The number of carbonyl (C=O) groups is 2. The Bertz CT molecular complexity index is 528. The van der Waals surface area contributed by atoms with Crippen LogP contribution in [0.1, 0.15) is 31.9 Å². The molecule has 0 bridgehead atoms. The molecule has 1 aliphatic rings. The molecule has 108 valence electrons. The van der Waals surface area contributed by atoms with Crippen molar-refractivity contribution in [2.75, 3.05) is 0 Å². The third-order valence-electron chi connectivity index (χ3n) is 3.73. The number of pyridine rings is 1. The molecule has 2 heterocycles. The number of hydrogen-bond donors (Lipinski definition) is 1. The number of nitrogens with one attached hydrogen (secondary N) is 1. The first-order valence-electron chi connectivity index (χ1n) is 6.92. The molecule has 2 unspecified atom stereocenters. The monoisotopic (exact) mass is 275 g/mol. The SMILES string of the molecule is Cc1cnccc1CN1C(=O)C(C)NC(=O)C1C(C)C. The minimum absolute atomic E-state index is 0.0282. The second kappa shape index (κ2) is 5.61. The highest BCUT2D eigenvalue weighted by Crippen LogP contribution is 2.21. The number of aromatic nitrogens is 1. The number of rotatable bonds is 3. The molecule has 0 aromatic carbocycles. The summed E-state index contributed by atoms with van der Waals surface area (Å²) >= 11 is 0. The first-order valence-corrected chi connectivity index (χ1v) is 6.92. The molecule has 2 rings (SSSR count). The van der Waals surface area contributed by atoms with Crippen molar-refractivity contribution in [2.45, 2.75) is 46.3 Å². The number of piperazine rings is 1. The van der Waals surface area contributed by atoms with E-state index in [1.54, 1.807) is 24.2 Å². The molecule has 1 aromatic heterocycles. The molecular weight excluding hydrogens is 254 g/mol. The van der Waals surface area contributed by atoms with Gasteiger partial charge in [-0.1, -0.05) is 13.8 Å². The van der Waals surface area contributed by atoms with E-state index in [1.807, 2.05) is 26.8 Å². The first-order chi connectivity index (χ1) is 9.41. The molecular formula is C15H21N3O2. The van der Waals surface area contributed by atoms with Crippen LogP contribution in [0.5, 0.6) is 0 Å². The van der Waals surface area contributed by atoms with Gasteiger partial charge in [-0.05, 0) is 37.0 Å². The molecule has 2 amide bonds. The van der Waals surface area contributed by atoms with Crippen molar-refractivity contribution in [1.29, 1.82) is 0 Å². The largest absolute Gasteiger partial charge is 0.343 e. The average Bonchev–Trinajstić information content (AvgIpc) is 2.37. The third kappa shape index (κ3) is 2.66. The lowest BCUT2D eigenvalue weighted by atomic mass is 9.96. The summed E-state index contributed by atoms with van der Waals surface area (Å²) in [6.07, 6.45) is 3.49. The summed E-state index contributed by atoms with van der Waals surface area (Å²) in [5.74, 6) is -0.0214. The molecule has 1 fully saturated rings. The van der Waals surface area contributed by atoms with Crippen LogP contribution in [0, 0.1) is 12.8 Å². The van der Waals surface area contributed by atoms with E-state index in [4.69, 9.17) is 0 Å². The second-order valence-corrected chi connectivity index (χ2v) is 5.69. The lowest BCUT2D eigenvalue weighted by Gasteiger charge is -2.40. The van der Waals surface area contributed by atoms with E-state index in [9.17, 15) is 9.59 Å². The Morgan fingerprint density at radius 1 is 1.40 bits per heavy atom. The van der Waals surface area contributed by atoms with Gasteiger partial charge in [-0.25, -0.2) is 0 Å². The highest BCUT2D eigenvalue weighted by Gasteiger charge is 2.40. The molecule has 1 saturated heterocycles. The number of nitrogens with zero attached hydrogens (tertiary/aromatic N) is 2. The zero-order valence-corrected chi connectivity index (χ0v) is 12.4. The van der Waals surface area contributed by atoms with Gasteiger partial charge in [0.15, 0.2) is 0 Å². The Kier molecular flexibility index (Phi) is 4.06. The van der Waals surface area contributed by atoms with E-state index in [2.05, 4.69) is 10.3 Å². The van der Waals surface area contributed by atoms with Gasteiger partial charge in [-0.3, -0.25) is 14.6 Å². The normalized spacial score (nSPS) is 23.1. The third-order valence-corrected chi connectivity index (χ3v) is 3.73. The summed E-state index contributed by atoms with van der Waals surface area (Å²) in [5, 5.41) is 2.75. The Morgan fingerprint density at radius 3 is 2.70 bits per heavy atom. The smallest absolute Gasteiger partial charge is 0.245 e. The minimum atomic E-state index is -0.459. The maximum Gasteiger partial charge on any atom is 0.245 e. The fraction of sp³-hybridized carbons (Fsp3) is 0.533. The predicted octanol–water partition coefficient (Wildman–Crippen LogP) is 1.26. The van der Waals surface area contributed by atoms with Crippen molar-refractivity contribution >= 4 is 11.8 Å². The summed E-state index contributed by atoms with van der Waals surface area (Å²) in [4.78, 5) is 30.3. The van der Waals surface area contributed by atoms with E-state index in [0.717, 1.165) is 11.1 Å². The molecule has 0 spiro atoms. The fourth-order valence-electron chi connectivity index (χ4n) is 2.59. The zero-order chi connectivity index (χ0) is 14.9. The summed E-state index contributed by atoms with van der Waals surface area (Å²) < 4.78 is 0. The summed E-state index contributed by atoms with van der Waals surface area (Å²) in [6, 6.07) is 1.03. The second-order valence-electron chi connectivity index (χ2n) is 5.69. The number of aryl methyl sites for hydroxylation is 1. The van der Waals surface area contributed by atoms with Crippen molar-refractivity contribution < 1.29 is 9.59 Å². The molecule has 0 saturated carbocycles. The van der Waals surface area contributed by atoms with Crippen LogP contribution in [-0.2, 0) is 16.1 Å². The van der Waals surface area contributed by atoms with Crippen molar-refractivity contribution in [3.63, 3.8) is 0 Å². The maximum atomic E-state index is 12.4. The molecule has 0 aliphatic carbocycles. The number of amides is 2. The first kappa shape index (κ1) is 14.5. The van der Waals surface area contributed by atoms with E-state index in [1.165, 1.54) is 0 Å². The van der Waals surface area contributed by atoms with E-state index >= 15 is 0 Å². The Hall–Kier alpha value is -1.91. The number of carbonyl (C=O) groups excluding carboxylic acids is 2. The lowest BCUT2D eigenvalue weighted by Crippen LogP contribution is -2.63. The summed E-state index contributed by atoms with van der Waals surface area (Å²) in [7, 11) is 0. The zero-order valence-electron chi connectivity index (χ0n) is 12.4. The van der Waals surface area contributed by atoms with Crippen LogP contribution in [0.2, 0.25) is 0 Å². The molecule has 1 N–H and O–H groups in total. The van der Waals surface area contributed by atoms with Crippen molar-refractivity contribution in [1.82, 2.24) is 15.2 Å². The number of hydrogen-bond acceptors (Lipinski definition) is 3. The lowest BCUT2D eigenvalue weighted by molar-refractivity contribution is -0.151. The fourth-order valence-corrected chi connectivity index (χ4v) is 2.59. The average molecular weight is 275 g/mol. The highest BCUT2D eigenvalue weighted by atomic mass is 16.2. The van der Waals surface area contributed by atoms with Crippen LogP contribution in [0.4, 0.5) is 0 Å². The Morgan fingerprint density at radius 2 is 2.10 bits per heavy atom. The van der Waals surface area contributed by atoms with Crippen molar-refractivity contribution in [3.05, 3.63) is 29.6 Å². The van der Waals surface area contributed by atoms with Crippen LogP contribution < -0.4 is 5.32 Å². The van der Waals surface area contributed by atoms with Gasteiger partial charge in [0.25, 0.3) is 0 Å². The molecule has 0 radical (unpaired) electrons. The maximum absolute atomic E-state index is 12.4. The molecule has 20 heavy (non-hydrogen) atoms. The van der Waals surface area contributed by atoms with Gasteiger partial charge in [0, 0.05) is 18.9 Å². The summed E-state index contributed by atoms with van der Waals surface area (Å²) in [5.41, 5.74) is 2.06. The summed E-state index contributed by atoms with van der Waals surface area (Å²) in [6.45, 7) is 8.06. The predicted molar refractivity (Wildman–Crippen MR) is 75.8 cm³/mol. The Balaban J connectivity index is 2.31. The van der Waals surface area contributed by atoms with Crippen molar-refractivity contribution in [3.8, 4) is 0 Å². The van der Waals surface area contributed by atoms with Crippen LogP contribution in [0.3, 0.4) is 0 Å². The van der Waals surface area contributed by atoms with Gasteiger partial charge in [0.05, 0.1) is 0 Å². The molecule has 1 aromatic rings. The molecule has 2 atom stereocenters. The van der Waals surface area contributed by atoms with Gasteiger partial charge in [0.1, 0.15) is 12.1 Å².